The molecule has 1 atom stereocenters. The summed E-state index contributed by atoms with van der Waals surface area (Å²) < 4.78 is 4.24. The van der Waals surface area contributed by atoms with E-state index in [4.69, 9.17) is 0 Å². The molecule has 0 spiro atoms. The van der Waals surface area contributed by atoms with E-state index >= 15 is 0 Å². The summed E-state index contributed by atoms with van der Waals surface area (Å²) in [5, 5.41) is 14.2. The lowest BCUT2D eigenvalue weighted by atomic mass is 10.1. The molecule has 1 heterocycles. The number of nitrogens with zero attached hydrogens (tertiary/aromatic N) is 2. The Hall–Kier alpha value is -1.92. The Bertz CT molecular complexity index is 667. The highest BCUT2D eigenvalue weighted by Gasteiger charge is 2.24. The Morgan fingerprint density at radius 3 is 2.57 bits per heavy atom. The summed E-state index contributed by atoms with van der Waals surface area (Å²) in [5.41, 5.74) is 3.27. The maximum absolute atomic E-state index is 12.8. The summed E-state index contributed by atoms with van der Waals surface area (Å²) in [6.45, 7) is 6.53. The smallest absolute Gasteiger partial charge is 0.258 e. The van der Waals surface area contributed by atoms with Crippen molar-refractivity contribution < 1.29 is 9.90 Å². The molecule has 1 unspecified atom stereocenters. The van der Waals surface area contributed by atoms with Gasteiger partial charge in [0.05, 0.1) is 23.9 Å². The second kappa shape index (κ2) is 7.57. The third-order valence-corrected chi connectivity index (χ3v) is 4.78. The lowest BCUT2D eigenvalue weighted by Crippen LogP contribution is -2.35. The highest BCUT2D eigenvalue weighted by Crippen LogP contribution is 2.26. The van der Waals surface area contributed by atoms with Gasteiger partial charge in [-0.3, -0.25) is 4.79 Å². The molecule has 124 valence electrons. The second-order valence-electron chi connectivity index (χ2n) is 5.49. The fourth-order valence-corrected chi connectivity index (χ4v) is 3.15. The number of carbonyl (C=O) groups excluding carboxylic acids is 1. The fourth-order valence-electron chi connectivity index (χ4n) is 2.41. The van der Waals surface area contributed by atoms with Crippen molar-refractivity contribution >= 4 is 22.4 Å². The van der Waals surface area contributed by atoms with Gasteiger partial charge in [0.15, 0.2) is 0 Å². The zero-order chi connectivity index (χ0) is 17.0. The molecule has 2 aromatic rings. The molecule has 0 fully saturated rings. The Kier molecular flexibility index (Phi) is 5.74. The van der Waals surface area contributed by atoms with Gasteiger partial charge < -0.3 is 15.3 Å². The van der Waals surface area contributed by atoms with Crippen molar-refractivity contribution in [3.8, 4) is 0 Å². The highest BCUT2D eigenvalue weighted by molar-refractivity contribution is 7.10. The Balaban J connectivity index is 2.17. The van der Waals surface area contributed by atoms with E-state index in [2.05, 4.69) is 9.69 Å². The molecule has 1 aromatic heterocycles. The van der Waals surface area contributed by atoms with Gasteiger partial charge in [-0.25, -0.2) is 0 Å². The number of aryl methyl sites for hydroxylation is 2. The number of nitrogens with one attached hydrogen (secondary N) is 1. The molecule has 0 aliphatic rings. The van der Waals surface area contributed by atoms with Crippen LogP contribution in [0.15, 0.2) is 24.3 Å². The van der Waals surface area contributed by atoms with Crippen LogP contribution in [0.1, 0.15) is 40.2 Å². The van der Waals surface area contributed by atoms with Crippen molar-refractivity contribution in [1.82, 2.24) is 9.27 Å². The largest absolute Gasteiger partial charge is 0.387 e. The van der Waals surface area contributed by atoms with Crippen molar-refractivity contribution in [3.05, 3.63) is 46.6 Å². The molecule has 0 saturated heterocycles. The van der Waals surface area contributed by atoms with Crippen LogP contribution in [-0.2, 0) is 0 Å². The Morgan fingerprint density at radius 1 is 1.35 bits per heavy atom. The van der Waals surface area contributed by atoms with Crippen molar-refractivity contribution in [2.24, 2.45) is 0 Å². The number of rotatable bonds is 6. The molecule has 0 bridgehead atoms. The summed E-state index contributed by atoms with van der Waals surface area (Å²) in [6.07, 6.45) is -0.704. The molecular weight excluding hydrogens is 310 g/mol. The van der Waals surface area contributed by atoms with Crippen LogP contribution in [-0.4, -0.2) is 40.4 Å². The summed E-state index contributed by atoms with van der Waals surface area (Å²) in [6, 6.07) is 7.72. The molecule has 5 nitrogen and oxygen atoms in total. The van der Waals surface area contributed by atoms with Crippen LogP contribution in [0.3, 0.4) is 0 Å². The third-order valence-electron chi connectivity index (χ3n) is 3.83. The summed E-state index contributed by atoms with van der Waals surface area (Å²) in [5.74, 6) is -0.103. The normalized spacial score (nSPS) is 12.0. The van der Waals surface area contributed by atoms with Crippen molar-refractivity contribution in [2.75, 3.05) is 25.5 Å². The molecule has 0 radical (unpaired) electrons. The van der Waals surface area contributed by atoms with Crippen LogP contribution in [0, 0.1) is 13.8 Å². The summed E-state index contributed by atoms with van der Waals surface area (Å²) in [4.78, 5) is 14.5. The van der Waals surface area contributed by atoms with Gasteiger partial charge in [0.25, 0.3) is 5.91 Å². The lowest BCUT2D eigenvalue weighted by molar-refractivity contribution is 0.0635. The quantitative estimate of drug-likeness (QED) is 0.853. The minimum Gasteiger partial charge on any atom is -0.387 e. The zero-order valence-corrected chi connectivity index (χ0v) is 14.8. The molecule has 0 aliphatic heterocycles. The van der Waals surface area contributed by atoms with Crippen LogP contribution in [0.25, 0.3) is 0 Å². The first-order chi connectivity index (χ1) is 11.0. The van der Waals surface area contributed by atoms with Gasteiger partial charge in [-0.2, -0.15) is 4.37 Å². The molecular formula is C17H23N3O2S. The topological polar surface area (TPSA) is 65.5 Å². The number of carbonyl (C=O) groups is 1. The number of amides is 1. The number of aliphatic hydroxyl groups excluding tert-OH is 1. The van der Waals surface area contributed by atoms with Crippen LogP contribution < -0.4 is 5.32 Å². The number of hydrogen-bond donors (Lipinski definition) is 2. The van der Waals surface area contributed by atoms with E-state index in [9.17, 15) is 9.90 Å². The van der Waals surface area contributed by atoms with Crippen LogP contribution in [0.5, 0.6) is 0 Å². The van der Waals surface area contributed by atoms with Crippen molar-refractivity contribution in [2.45, 2.75) is 26.9 Å². The average molecular weight is 333 g/mol. The SMILES string of the molecule is CCN(CC(O)c1ccc(C)cc1)C(=O)c1c(C)nsc1NC. The van der Waals surface area contributed by atoms with Crippen LogP contribution in [0.4, 0.5) is 5.00 Å². The minimum atomic E-state index is -0.704. The Labute approximate surface area is 141 Å². The molecule has 2 N–H and O–H groups in total. The van der Waals surface area contributed by atoms with E-state index < -0.39 is 6.10 Å². The maximum atomic E-state index is 12.8. The molecule has 2 rings (SSSR count). The van der Waals surface area contributed by atoms with Gasteiger partial charge in [-0.05, 0) is 37.9 Å². The average Bonchev–Trinajstić information content (AvgIpc) is 2.93. The van der Waals surface area contributed by atoms with Gasteiger partial charge in [0.2, 0.25) is 0 Å². The molecule has 23 heavy (non-hydrogen) atoms. The molecule has 6 heteroatoms. The number of likely N-dealkylation sites (N-methyl/N-ethyl adjacent to an activating group) is 1. The van der Waals surface area contributed by atoms with Crippen molar-refractivity contribution in [1.29, 1.82) is 0 Å². The van der Waals surface area contributed by atoms with E-state index in [1.807, 2.05) is 45.0 Å². The Morgan fingerprint density at radius 2 is 2.00 bits per heavy atom. The molecule has 0 aliphatic carbocycles. The standard InChI is InChI=1S/C17H23N3O2S/c1-5-20(10-14(21)13-8-6-11(2)7-9-13)17(22)15-12(3)19-23-16(15)18-4/h6-9,14,18,21H,5,10H2,1-4H3. The number of benzene rings is 1. The van der Waals surface area contributed by atoms with Gasteiger partial charge in [-0.1, -0.05) is 29.8 Å². The van der Waals surface area contributed by atoms with Crippen LogP contribution in [0.2, 0.25) is 0 Å². The highest BCUT2D eigenvalue weighted by atomic mass is 32.1. The minimum absolute atomic E-state index is 0.103. The molecule has 0 saturated carbocycles. The number of anilines is 1. The fraction of sp³-hybridized carbons (Fsp3) is 0.412. The van der Waals surface area contributed by atoms with Gasteiger partial charge in [0.1, 0.15) is 5.00 Å². The summed E-state index contributed by atoms with van der Waals surface area (Å²) in [7, 11) is 1.78. The monoisotopic (exact) mass is 333 g/mol. The van der Waals surface area contributed by atoms with E-state index in [0.29, 0.717) is 17.8 Å². The van der Waals surface area contributed by atoms with Gasteiger partial charge in [-0.15, -0.1) is 0 Å². The summed E-state index contributed by atoms with van der Waals surface area (Å²) >= 11 is 1.28. The predicted molar refractivity (Wildman–Crippen MR) is 94.1 cm³/mol. The predicted octanol–water partition coefficient (Wildman–Crippen LogP) is 3.00. The number of aromatic nitrogens is 1. The molecule has 1 amide bonds. The van der Waals surface area contributed by atoms with E-state index in [1.54, 1.807) is 11.9 Å². The first-order valence-corrected chi connectivity index (χ1v) is 8.43. The maximum Gasteiger partial charge on any atom is 0.258 e. The lowest BCUT2D eigenvalue weighted by Gasteiger charge is -2.24. The zero-order valence-electron chi connectivity index (χ0n) is 14.0. The van der Waals surface area contributed by atoms with E-state index in [0.717, 1.165) is 16.1 Å². The van der Waals surface area contributed by atoms with Crippen molar-refractivity contribution in [3.63, 3.8) is 0 Å². The number of aliphatic hydroxyl groups is 1. The van der Waals surface area contributed by atoms with Gasteiger partial charge >= 0.3 is 0 Å². The molecule has 1 aromatic carbocycles. The number of hydrogen-bond acceptors (Lipinski definition) is 5. The van der Waals surface area contributed by atoms with Gasteiger partial charge in [0, 0.05) is 13.6 Å². The van der Waals surface area contributed by atoms with E-state index in [1.165, 1.54) is 11.5 Å². The van der Waals surface area contributed by atoms with Crippen LogP contribution >= 0.6 is 11.5 Å². The first-order valence-electron chi connectivity index (χ1n) is 7.65. The second-order valence-corrected chi connectivity index (χ2v) is 6.27. The third kappa shape index (κ3) is 3.89. The first kappa shape index (κ1) is 17.4. The van der Waals surface area contributed by atoms with E-state index in [-0.39, 0.29) is 12.5 Å².